The van der Waals surface area contributed by atoms with Gasteiger partial charge in [-0.15, -0.1) is 0 Å². The van der Waals surface area contributed by atoms with Crippen LogP contribution in [0.1, 0.15) is 49.3 Å². The molecule has 2 aliphatic rings. The Morgan fingerprint density at radius 1 is 1.17 bits per heavy atom. The molecule has 2 heterocycles. The van der Waals surface area contributed by atoms with E-state index in [0.717, 1.165) is 48.9 Å². The van der Waals surface area contributed by atoms with Crippen LogP contribution in [-0.2, 0) is 4.79 Å². The normalized spacial score (nSPS) is 22.1. The number of nitrogens with one attached hydrogen (secondary N) is 3. The van der Waals surface area contributed by atoms with Crippen molar-refractivity contribution in [1.29, 1.82) is 0 Å². The average molecular weight is 482 g/mol. The van der Waals surface area contributed by atoms with E-state index < -0.39 is 0 Å². The first-order chi connectivity index (χ1) is 16.9. The minimum Gasteiger partial charge on any atom is -0.345 e. The van der Waals surface area contributed by atoms with Gasteiger partial charge in [0.1, 0.15) is 5.82 Å². The van der Waals surface area contributed by atoms with E-state index in [2.05, 4.69) is 16.2 Å². The van der Waals surface area contributed by atoms with E-state index in [9.17, 15) is 14.0 Å². The summed E-state index contributed by atoms with van der Waals surface area (Å²) in [5, 5.41) is 2.96. The predicted octanol–water partition coefficient (Wildman–Crippen LogP) is 4.22. The number of benzene rings is 2. The van der Waals surface area contributed by atoms with Crippen LogP contribution < -0.4 is 16.2 Å². The molecule has 2 aliphatic heterocycles. The van der Waals surface area contributed by atoms with Gasteiger partial charge in [0.25, 0.3) is 0 Å². The van der Waals surface area contributed by atoms with Crippen LogP contribution in [0.4, 0.5) is 14.9 Å². The molecule has 3 N–H and O–H groups in total. The van der Waals surface area contributed by atoms with Crippen molar-refractivity contribution in [1.82, 2.24) is 20.7 Å². The zero-order valence-corrected chi connectivity index (χ0v) is 20.6. The summed E-state index contributed by atoms with van der Waals surface area (Å²) >= 11 is 0. The summed E-state index contributed by atoms with van der Waals surface area (Å²) in [5.74, 6) is -0.275. The van der Waals surface area contributed by atoms with Gasteiger partial charge in [0.05, 0.1) is 5.92 Å². The molecule has 2 aromatic rings. The van der Waals surface area contributed by atoms with Crippen LogP contribution in [0, 0.1) is 18.7 Å². The molecular weight excluding hydrogens is 445 g/mol. The van der Waals surface area contributed by atoms with Crippen molar-refractivity contribution >= 4 is 17.6 Å². The maximum absolute atomic E-state index is 13.2. The summed E-state index contributed by atoms with van der Waals surface area (Å²) in [6.07, 6.45) is 4.40. The smallest absolute Gasteiger partial charge is 0.321 e. The molecule has 0 spiro atoms. The molecule has 0 aromatic heterocycles. The van der Waals surface area contributed by atoms with Gasteiger partial charge in [0.2, 0.25) is 5.91 Å². The molecule has 2 saturated heterocycles. The van der Waals surface area contributed by atoms with Crippen LogP contribution in [0.25, 0.3) is 0 Å². The fourth-order valence-electron chi connectivity index (χ4n) is 5.01. The number of hydrogen-bond acceptors (Lipinski definition) is 4. The number of amides is 3. The van der Waals surface area contributed by atoms with Crippen LogP contribution in [-0.4, -0.2) is 54.5 Å². The topological polar surface area (TPSA) is 76.7 Å². The summed E-state index contributed by atoms with van der Waals surface area (Å²) < 4.78 is 13.2. The Morgan fingerprint density at radius 3 is 2.74 bits per heavy atom. The fourth-order valence-corrected chi connectivity index (χ4v) is 5.01. The van der Waals surface area contributed by atoms with Crippen LogP contribution in [0.5, 0.6) is 0 Å². The minimum atomic E-state index is -0.225. The second-order valence-electron chi connectivity index (χ2n) is 9.81. The molecule has 0 aliphatic carbocycles. The lowest BCUT2D eigenvalue weighted by Crippen LogP contribution is -2.47. The molecule has 3 amide bonds. The largest absolute Gasteiger partial charge is 0.345 e. The fraction of sp³-hybridized carbons (Fsp3) is 0.481. The van der Waals surface area contributed by atoms with Crippen molar-refractivity contribution < 1.29 is 14.0 Å². The number of rotatable bonds is 7. The number of carbonyl (C=O) groups excluding carboxylic acids is 2. The van der Waals surface area contributed by atoms with Crippen LogP contribution in [0.3, 0.4) is 0 Å². The maximum Gasteiger partial charge on any atom is 0.321 e. The van der Waals surface area contributed by atoms with E-state index in [1.165, 1.54) is 12.1 Å². The Morgan fingerprint density at radius 2 is 1.97 bits per heavy atom. The Kier molecular flexibility index (Phi) is 8.36. The van der Waals surface area contributed by atoms with Crippen molar-refractivity contribution in [3.05, 3.63) is 65.5 Å². The van der Waals surface area contributed by atoms with E-state index in [1.807, 2.05) is 55.3 Å². The zero-order valence-electron chi connectivity index (χ0n) is 20.6. The number of piperidine rings is 1. The second-order valence-corrected chi connectivity index (χ2v) is 9.81. The molecule has 2 aromatic carbocycles. The van der Waals surface area contributed by atoms with Gasteiger partial charge >= 0.3 is 6.03 Å². The zero-order chi connectivity index (χ0) is 24.8. The predicted molar refractivity (Wildman–Crippen MR) is 135 cm³/mol. The van der Waals surface area contributed by atoms with Gasteiger partial charge < -0.3 is 15.1 Å². The van der Waals surface area contributed by atoms with Crippen molar-refractivity contribution in [2.75, 3.05) is 32.0 Å². The van der Waals surface area contributed by atoms with Crippen LogP contribution in [0.2, 0.25) is 0 Å². The standard InChI is InChI=1S/C27H36FN5O2/c1-19-6-3-8-23(16-19)29-27(35)33-15-4-7-21(18-33)26(34)32(2)14-5-9-24-17-25(31-30-24)20-10-12-22(28)13-11-20/h3,6,8,10-13,16,21,24-25,30-31H,4-5,7,9,14-15,17-18H2,1-2H3,(H,29,35). The SMILES string of the molecule is Cc1cccc(NC(=O)N2CCCC(C(=O)N(C)CCCC3CC(c4ccc(F)cc4)NN3)C2)c1. The molecule has 2 fully saturated rings. The lowest BCUT2D eigenvalue weighted by molar-refractivity contribution is -0.135. The summed E-state index contributed by atoms with van der Waals surface area (Å²) in [5.41, 5.74) is 9.56. The third kappa shape index (κ3) is 6.80. The number of urea groups is 1. The Labute approximate surface area is 207 Å². The van der Waals surface area contributed by atoms with E-state index >= 15 is 0 Å². The molecule has 4 rings (SSSR count). The van der Waals surface area contributed by atoms with Gasteiger partial charge in [-0.3, -0.25) is 15.6 Å². The molecule has 3 atom stereocenters. The molecule has 0 saturated carbocycles. The van der Waals surface area contributed by atoms with Gasteiger partial charge in [0.15, 0.2) is 0 Å². The summed E-state index contributed by atoms with van der Waals surface area (Å²) in [7, 11) is 1.86. The van der Waals surface area contributed by atoms with E-state index in [0.29, 0.717) is 25.7 Å². The van der Waals surface area contributed by atoms with Crippen LogP contribution >= 0.6 is 0 Å². The number of likely N-dealkylation sites (tertiary alicyclic amines) is 1. The van der Waals surface area contributed by atoms with Crippen LogP contribution in [0.15, 0.2) is 48.5 Å². The monoisotopic (exact) mass is 481 g/mol. The highest BCUT2D eigenvalue weighted by molar-refractivity contribution is 5.90. The highest BCUT2D eigenvalue weighted by Gasteiger charge is 2.30. The first-order valence-corrected chi connectivity index (χ1v) is 12.5. The number of carbonyl (C=O) groups is 2. The molecular formula is C27H36FN5O2. The number of hydrazine groups is 1. The van der Waals surface area contributed by atoms with Crippen molar-refractivity contribution in [2.24, 2.45) is 5.92 Å². The minimum absolute atomic E-state index is 0.111. The number of nitrogens with zero attached hydrogens (tertiary/aromatic N) is 2. The number of anilines is 1. The van der Waals surface area contributed by atoms with Gasteiger partial charge in [-0.05, 0) is 74.4 Å². The lowest BCUT2D eigenvalue weighted by atomic mass is 9.96. The maximum atomic E-state index is 13.2. The third-order valence-electron chi connectivity index (χ3n) is 7.00. The number of aryl methyl sites for hydroxylation is 1. The highest BCUT2D eigenvalue weighted by atomic mass is 19.1. The number of hydrogen-bond donors (Lipinski definition) is 3. The highest BCUT2D eigenvalue weighted by Crippen LogP contribution is 2.25. The summed E-state index contributed by atoms with van der Waals surface area (Å²) in [6, 6.07) is 14.7. The van der Waals surface area contributed by atoms with Gasteiger partial charge in [-0.1, -0.05) is 24.3 Å². The van der Waals surface area contributed by atoms with Gasteiger partial charge in [-0.25, -0.2) is 9.18 Å². The first kappa shape index (κ1) is 25.1. The van der Waals surface area contributed by atoms with Crippen molar-refractivity contribution in [2.45, 2.75) is 51.1 Å². The lowest BCUT2D eigenvalue weighted by Gasteiger charge is -2.34. The molecule has 7 nitrogen and oxygen atoms in total. The Bertz CT molecular complexity index is 1010. The van der Waals surface area contributed by atoms with E-state index in [-0.39, 0.29) is 29.7 Å². The molecule has 0 radical (unpaired) electrons. The second kappa shape index (κ2) is 11.6. The molecule has 3 unspecified atom stereocenters. The Balaban J connectivity index is 1.19. The van der Waals surface area contributed by atoms with Crippen molar-refractivity contribution in [3.63, 3.8) is 0 Å². The summed E-state index contributed by atoms with van der Waals surface area (Å²) in [4.78, 5) is 29.4. The van der Waals surface area contributed by atoms with Gasteiger partial charge in [-0.2, -0.15) is 0 Å². The average Bonchev–Trinajstić information content (AvgIpc) is 3.33. The van der Waals surface area contributed by atoms with Gasteiger partial charge in [0, 0.05) is 44.5 Å². The molecule has 188 valence electrons. The first-order valence-electron chi connectivity index (χ1n) is 12.5. The van der Waals surface area contributed by atoms with E-state index in [4.69, 9.17) is 0 Å². The molecule has 0 bridgehead atoms. The van der Waals surface area contributed by atoms with Crippen molar-refractivity contribution in [3.8, 4) is 0 Å². The number of halogens is 1. The molecule has 35 heavy (non-hydrogen) atoms. The molecule has 8 heteroatoms. The van der Waals surface area contributed by atoms with E-state index in [1.54, 1.807) is 4.90 Å². The quantitative estimate of drug-likeness (QED) is 0.553. The third-order valence-corrected chi connectivity index (χ3v) is 7.00. The Hall–Kier alpha value is -2.97. The summed E-state index contributed by atoms with van der Waals surface area (Å²) in [6.45, 7) is 3.80.